The molecule has 6 nitrogen and oxygen atoms in total. The maximum atomic E-state index is 11.4. The van der Waals surface area contributed by atoms with E-state index in [1.807, 2.05) is 13.8 Å². The summed E-state index contributed by atoms with van der Waals surface area (Å²) in [6.07, 6.45) is 0.829. The summed E-state index contributed by atoms with van der Waals surface area (Å²) in [5.74, 6) is -0.353. The molecule has 1 spiro atoms. The van der Waals surface area contributed by atoms with Crippen molar-refractivity contribution < 1.29 is 29.2 Å². The lowest BCUT2D eigenvalue weighted by molar-refractivity contribution is -0.230. The Morgan fingerprint density at radius 3 is 2.78 bits per heavy atom. The van der Waals surface area contributed by atoms with E-state index in [4.69, 9.17) is 14.2 Å². The molecule has 7 atom stereocenters. The summed E-state index contributed by atoms with van der Waals surface area (Å²) in [6, 6.07) is 0. The topological polar surface area (TPSA) is 88.5 Å². The average molecular weight is 324 g/mol. The van der Waals surface area contributed by atoms with E-state index in [-0.39, 0.29) is 18.7 Å². The summed E-state index contributed by atoms with van der Waals surface area (Å²) in [4.78, 5) is 11.4. The van der Waals surface area contributed by atoms with E-state index in [1.54, 1.807) is 0 Å². The molecule has 4 aliphatic rings. The second-order valence-electron chi connectivity index (χ2n) is 7.74. The van der Waals surface area contributed by atoms with Crippen LogP contribution in [0.4, 0.5) is 0 Å². The van der Waals surface area contributed by atoms with E-state index in [0.717, 1.165) is 12.8 Å². The largest absolute Gasteiger partial charge is 0.465 e. The number of ether oxygens (including phenoxy) is 3. The number of hydrogen-bond acceptors (Lipinski definition) is 6. The SMILES string of the molecule is CC(=O)OC[C@]12CCC(C)=CC1O[C@@H]1[C@H](O)[C@@H](O)[C@@]2(C)C12CO2. The van der Waals surface area contributed by atoms with Gasteiger partial charge >= 0.3 is 5.97 Å². The summed E-state index contributed by atoms with van der Waals surface area (Å²) < 4.78 is 17.4. The molecule has 2 aliphatic carbocycles. The Hall–Kier alpha value is -0.950. The number of aliphatic hydroxyl groups excluding tert-OH is 2. The van der Waals surface area contributed by atoms with Crippen molar-refractivity contribution in [1.82, 2.24) is 0 Å². The van der Waals surface area contributed by atoms with Crippen molar-refractivity contribution in [1.29, 1.82) is 0 Å². The van der Waals surface area contributed by atoms with Crippen LogP contribution < -0.4 is 0 Å². The first kappa shape index (κ1) is 15.6. The molecule has 4 rings (SSSR count). The van der Waals surface area contributed by atoms with Crippen LogP contribution in [0.1, 0.15) is 33.6 Å². The van der Waals surface area contributed by atoms with Crippen LogP contribution in [-0.4, -0.2) is 59.4 Å². The number of carbonyl (C=O) groups is 1. The highest BCUT2D eigenvalue weighted by atomic mass is 16.6. The highest BCUT2D eigenvalue weighted by molar-refractivity contribution is 5.66. The number of carbonyl (C=O) groups excluding carboxylic acids is 1. The first-order chi connectivity index (χ1) is 10.8. The molecule has 1 saturated carbocycles. The molecule has 2 heterocycles. The van der Waals surface area contributed by atoms with Crippen molar-refractivity contribution in [3.63, 3.8) is 0 Å². The molecule has 0 aromatic rings. The summed E-state index contributed by atoms with van der Waals surface area (Å²) in [5, 5.41) is 21.4. The number of epoxide rings is 1. The predicted molar refractivity (Wildman–Crippen MR) is 79.5 cm³/mol. The van der Waals surface area contributed by atoms with Crippen LogP contribution >= 0.6 is 0 Å². The predicted octanol–water partition coefficient (Wildman–Crippen LogP) is 0.554. The minimum Gasteiger partial charge on any atom is -0.465 e. The van der Waals surface area contributed by atoms with Crippen molar-refractivity contribution in [3.05, 3.63) is 11.6 Å². The van der Waals surface area contributed by atoms with Crippen LogP contribution in [0.5, 0.6) is 0 Å². The number of esters is 1. The van der Waals surface area contributed by atoms with E-state index >= 15 is 0 Å². The number of rotatable bonds is 2. The highest BCUT2D eigenvalue weighted by Gasteiger charge is 2.84. The number of fused-ring (bicyclic) bond motifs is 2. The van der Waals surface area contributed by atoms with E-state index in [0.29, 0.717) is 6.61 Å². The summed E-state index contributed by atoms with van der Waals surface area (Å²) >= 11 is 0. The summed E-state index contributed by atoms with van der Waals surface area (Å²) in [7, 11) is 0. The van der Waals surface area contributed by atoms with Gasteiger partial charge in [-0.1, -0.05) is 18.6 Å². The molecule has 6 heteroatoms. The summed E-state index contributed by atoms with van der Waals surface area (Å²) in [6.45, 7) is 6.01. The molecule has 2 aliphatic heterocycles. The van der Waals surface area contributed by atoms with Gasteiger partial charge in [0.25, 0.3) is 0 Å². The van der Waals surface area contributed by atoms with Gasteiger partial charge in [-0.25, -0.2) is 0 Å². The van der Waals surface area contributed by atoms with Crippen molar-refractivity contribution >= 4 is 5.97 Å². The number of allylic oxidation sites excluding steroid dienone is 1. The third kappa shape index (κ3) is 1.65. The fourth-order valence-electron chi connectivity index (χ4n) is 5.26. The standard InChI is InChI=1S/C17H24O6/c1-9-4-5-16(7-21-10(2)18)11(6-9)23-14-12(19)13(20)15(16,3)17(14)8-22-17/h6,11-14,19-20H,4-5,7-8H2,1-3H3/t11?,12-,13-,14-,15-,16-,17?/m1/s1. The Balaban J connectivity index is 1.85. The van der Waals surface area contributed by atoms with Gasteiger partial charge < -0.3 is 24.4 Å². The number of aliphatic hydroxyl groups is 2. The number of hydrogen-bond donors (Lipinski definition) is 2. The molecule has 2 unspecified atom stereocenters. The molecule has 0 radical (unpaired) electrons. The van der Waals surface area contributed by atoms with Gasteiger partial charge in [0.2, 0.25) is 0 Å². The molecule has 2 saturated heterocycles. The zero-order valence-corrected chi connectivity index (χ0v) is 13.7. The third-order valence-corrected chi connectivity index (χ3v) is 6.83. The van der Waals surface area contributed by atoms with Gasteiger partial charge in [0, 0.05) is 17.8 Å². The maximum Gasteiger partial charge on any atom is 0.302 e. The van der Waals surface area contributed by atoms with E-state index in [2.05, 4.69) is 6.08 Å². The average Bonchev–Trinajstić information content (AvgIpc) is 3.28. The van der Waals surface area contributed by atoms with Crippen molar-refractivity contribution in [3.8, 4) is 0 Å². The zero-order chi connectivity index (χ0) is 16.6. The molecule has 0 aromatic carbocycles. The van der Waals surface area contributed by atoms with Crippen molar-refractivity contribution in [2.24, 2.45) is 10.8 Å². The molecule has 0 amide bonds. The lowest BCUT2D eigenvalue weighted by Crippen LogP contribution is -2.66. The monoisotopic (exact) mass is 324 g/mol. The summed E-state index contributed by atoms with van der Waals surface area (Å²) in [5.41, 5.74) is -0.781. The van der Waals surface area contributed by atoms with Crippen LogP contribution in [0.2, 0.25) is 0 Å². The van der Waals surface area contributed by atoms with Crippen LogP contribution in [0.3, 0.4) is 0 Å². The minimum absolute atomic E-state index is 0.162. The molecule has 23 heavy (non-hydrogen) atoms. The van der Waals surface area contributed by atoms with Gasteiger partial charge in [-0.3, -0.25) is 4.79 Å². The maximum absolute atomic E-state index is 11.4. The first-order valence-corrected chi connectivity index (χ1v) is 8.25. The second-order valence-corrected chi connectivity index (χ2v) is 7.74. The molecule has 2 bridgehead atoms. The smallest absolute Gasteiger partial charge is 0.302 e. The van der Waals surface area contributed by atoms with E-state index < -0.39 is 34.7 Å². The van der Waals surface area contributed by atoms with Crippen molar-refractivity contribution in [2.75, 3.05) is 13.2 Å². The molecule has 128 valence electrons. The quantitative estimate of drug-likeness (QED) is 0.438. The molecule has 0 aromatic heterocycles. The lowest BCUT2D eigenvalue weighted by atomic mass is 9.51. The van der Waals surface area contributed by atoms with Gasteiger partial charge in [-0.15, -0.1) is 0 Å². The van der Waals surface area contributed by atoms with Gasteiger partial charge in [0.15, 0.2) is 0 Å². The Bertz CT molecular complexity index is 582. The molecule has 2 N–H and O–H groups in total. The Kier molecular flexibility index (Phi) is 3.09. The van der Waals surface area contributed by atoms with Gasteiger partial charge in [0.1, 0.15) is 24.4 Å². The third-order valence-electron chi connectivity index (χ3n) is 6.83. The minimum atomic E-state index is -0.990. The molecule has 3 fully saturated rings. The lowest BCUT2D eigenvalue weighted by Gasteiger charge is -2.57. The van der Waals surface area contributed by atoms with Gasteiger partial charge in [0.05, 0.1) is 18.8 Å². The fraction of sp³-hybridized carbons (Fsp3) is 0.824. The highest BCUT2D eigenvalue weighted by Crippen LogP contribution is 2.71. The molecular formula is C17H24O6. The molecular weight excluding hydrogens is 300 g/mol. The fourth-order valence-corrected chi connectivity index (χ4v) is 5.26. The van der Waals surface area contributed by atoms with Gasteiger partial charge in [-0.05, 0) is 19.8 Å². The Labute approximate surface area is 135 Å². The van der Waals surface area contributed by atoms with E-state index in [9.17, 15) is 15.0 Å². The van der Waals surface area contributed by atoms with Crippen LogP contribution in [0.15, 0.2) is 11.6 Å². The first-order valence-electron chi connectivity index (χ1n) is 8.25. The normalized spacial score (nSPS) is 53.7. The second kappa shape index (κ2) is 4.57. The zero-order valence-electron chi connectivity index (χ0n) is 13.7. The van der Waals surface area contributed by atoms with E-state index in [1.165, 1.54) is 12.5 Å². The van der Waals surface area contributed by atoms with Gasteiger partial charge in [-0.2, -0.15) is 0 Å². The van der Waals surface area contributed by atoms with Crippen LogP contribution in [-0.2, 0) is 19.0 Å². The Morgan fingerprint density at radius 1 is 1.48 bits per heavy atom. The van der Waals surface area contributed by atoms with Crippen molar-refractivity contribution in [2.45, 2.75) is 63.6 Å². The van der Waals surface area contributed by atoms with Crippen LogP contribution in [0, 0.1) is 10.8 Å². The Morgan fingerprint density at radius 2 is 2.17 bits per heavy atom. The van der Waals surface area contributed by atoms with Crippen LogP contribution in [0.25, 0.3) is 0 Å².